The molecule has 0 saturated carbocycles. The lowest BCUT2D eigenvalue weighted by atomic mass is 10.1. The lowest BCUT2D eigenvalue weighted by molar-refractivity contribution is -0.139. The van der Waals surface area contributed by atoms with Gasteiger partial charge in [0.1, 0.15) is 31.5 Å². The first kappa shape index (κ1) is 30.7. The minimum absolute atomic E-state index is 0.0250. The van der Waals surface area contributed by atoms with Crippen LogP contribution in [0, 0.1) is 0 Å². The summed E-state index contributed by atoms with van der Waals surface area (Å²) in [5.41, 5.74) is 0.988. The van der Waals surface area contributed by atoms with Crippen LogP contribution in [0.1, 0.15) is 32.8 Å². The average molecular weight is 596 g/mol. The summed E-state index contributed by atoms with van der Waals surface area (Å²) in [5, 5.41) is 2.93. The summed E-state index contributed by atoms with van der Waals surface area (Å²) < 4.78 is 45.5. The summed E-state index contributed by atoms with van der Waals surface area (Å²) in [7, 11) is -2.63. The normalized spacial score (nSPS) is 13.9. The minimum Gasteiger partial charge on any atom is -0.497 e. The molecule has 3 aromatic carbocycles. The molecule has 2 atom stereocenters. The zero-order valence-corrected chi connectivity index (χ0v) is 25.1. The van der Waals surface area contributed by atoms with Crippen LogP contribution >= 0.6 is 0 Å². The van der Waals surface area contributed by atoms with Gasteiger partial charge in [-0.05, 0) is 62.2 Å². The third kappa shape index (κ3) is 7.14. The number of fused-ring (bicyclic) bond motifs is 1. The molecule has 10 nitrogen and oxygen atoms in total. The molecule has 1 N–H and O–H groups in total. The van der Waals surface area contributed by atoms with Gasteiger partial charge in [-0.2, -0.15) is 0 Å². The van der Waals surface area contributed by atoms with E-state index < -0.39 is 28.5 Å². The Hall–Kier alpha value is -4.25. The van der Waals surface area contributed by atoms with Gasteiger partial charge < -0.3 is 24.4 Å². The number of rotatable bonds is 12. The zero-order chi connectivity index (χ0) is 30.3. The number of carbonyl (C=O) groups excluding carboxylic acids is 2. The van der Waals surface area contributed by atoms with Crippen LogP contribution in [0.15, 0.2) is 77.7 Å². The molecule has 2 amide bonds. The molecule has 0 fully saturated rings. The quantitative estimate of drug-likeness (QED) is 0.337. The van der Waals surface area contributed by atoms with E-state index in [0.29, 0.717) is 30.5 Å². The summed E-state index contributed by atoms with van der Waals surface area (Å²) in [6, 6.07) is 18.8. The number of hydrogen-bond acceptors (Lipinski definition) is 7. The third-order valence-corrected chi connectivity index (χ3v) is 8.89. The van der Waals surface area contributed by atoms with Gasteiger partial charge in [0.15, 0.2) is 11.5 Å². The summed E-state index contributed by atoms with van der Waals surface area (Å²) in [6.07, 6.45) is 0.720. The fourth-order valence-corrected chi connectivity index (χ4v) is 5.84. The molecule has 1 heterocycles. The number of ether oxygens (including phenoxy) is 3. The Bertz CT molecular complexity index is 1480. The molecule has 1 aliphatic rings. The smallest absolute Gasteiger partial charge is 0.264 e. The summed E-state index contributed by atoms with van der Waals surface area (Å²) in [4.78, 5) is 28.7. The van der Waals surface area contributed by atoms with Crippen molar-refractivity contribution in [1.82, 2.24) is 10.2 Å². The molecular formula is C31H37N3O7S. The second-order valence-electron chi connectivity index (χ2n) is 10.0. The van der Waals surface area contributed by atoms with Crippen molar-refractivity contribution in [3.63, 3.8) is 0 Å². The standard InChI is InChI=1S/C31H37N3O7S/c1-5-22(2)32-31(36)23(3)33(20-24-11-14-26(39-4)15-12-24)30(35)21-34(42(37,38)27-9-7-6-8-10-27)25-13-16-28-29(19-25)41-18-17-40-28/h6-16,19,22-23H,5,17-18,20-21H2,1-4H3,(H,32,36)/t22-,23-/m0/s1. The minimum atomic E-state index is -4.19. The Morgan fingerprint density at radius 2 is 1.62 bits per heavy atom. The van der Waals surface area contributed by atoms with Crippen LogP contribution in [-0.2, 0) is 26.2 Å². The fourth-order valence-electron chi connectivity index (χ4n) is 4.41. The molecule has 0 bridgehead atoms. The van der Waals surface area contributed by atoms with E-state index in [1.54, 1.807) is 74.7 Å². The number of anilines is 1. The summed E-state index contributed by atoms with van der Waals surface area (Å²) in [6.45, 7) is 5.71. The Balaban J connectivity index is 1.72. The number of sulfonamides is 1. The molecule has 0 aliphatic carbocycles. The van der Waals surface area contributed by atoms with E-state index >= 15 is 0 Å². The van der Waals surface area contributed by atoms with Gasteiger partial charge in [0.05, 0.1) is 17.7 Å². The van der Waals surface area contributed by atoms with Crippen LogP contribution in [0.25, 0.3) is 0 Å². The van der Waals surface area contributed by atoms with Crippen molar-refractivity contribution in [3.05, 3.63) is 78.4 Å². The van der Waals surface area contributed by atoms with Gasteiger partial charge in [-0.3, -0.25) is 13.9 Å². The van der Waals surface area contributed by atoms with E-state index in [4.69, 9.17) is 14.2 Å². The summed E-state index contributed by atoms with van der Waals surface area (Å²) >= 11 is 0. The third-order valence-electron chi connectivity index (χ3n) is 7.10. The number of nitrogens with one attached hydrogen (secondary N) is 1. The molecule has 0 radical (unpaired) electrons. The topological polar surface area (TPSA) is 114 Å². The number of hydrogen-bond donors (Lipinski definition) is 1. The highest BCUT2D eigenvalue weighted by Crippen LogP contribution is 2.36. The molecule has 0 unspecified atom stereocenters. The van der Waals surface area contributed by atoms with E-state index in [-0.39, 0.29) is 29.1 Å². The maximum Gasteiger partial charge on any atom is 0.264 e. The first-order valence-corrected chi connectivity index (χ1v) is 15.3. The second kappa shape index (κ2) is 13.6. The van der Waals surface area contributed by atoms with E-state index in [1.807, 2.05) is 13.8 Å². The summed E-state index contributed by atoms with van der Waals surface area (Å²) in [5.74, 6) is 0.647. The van der Waals surface area contributed by atoms with Crippen molar-refractivity contribution >= 4 is 27.5 Å². The van der Waals surface area contributed by atoms with E-state index in [2.05, 4.69) is 5.32 Å². The van der Waals surface area contributed by atoms with Gasteiger partial charge in [-0.1, -0.05) is 37.3 Å². The molecule has 4 rings (SSSR count). The van der Waals surface area contributed by atoms with Crippen LogP contribution < -0.4 is 23.8 Å². The molecule has 3 aromatic rings. The first-order chi connectivity index (χ1) is 20.1. The zero-order valence-electron chi connectivity index (χ0n) is 24.3. The maximum atomic E-state index is 14.1. The fraction of sp³-hybridized carbons (Fsp3) is 0.355. The monoisotopic (exact) mass is 595 g/mol. The second-order valence-corrected chi connectivity index (χ2v) is 11.9. The van der Waals surface area contributed by atoms with Gasteiger partial charge >= 0.3 is 0 Å². The highest BCUT2D eigenvalue weighted by Gasteiger charge is 2.33. The predicted octanol–water partition coefficient (Wildman–Crippen LogP) is 3.99. The highest BCUT2D eigenvalue weighted by molar-refractivity contribution is 7.92. The average Bonchev–Trinajstić information content (AvgIpc) is 3.02. The number of benzene rings is 3. The molecule has 11 heteroatoms. The lowest BCUT2D eigenvalue weighted by Gasteiger charge is -2.32. The Morgan fingerprint density at radius 1 is 0.952 bits per heavy atom. The van der Waals surface area contributed by atoms with Crippen LogP contribution in [0.3, 0.4) is 0 Å². The number of methoxy groups -OCH3 is 1. The number of amides is 2. The van der Waals surface area contributed by atoms with E-state index in [1.165, 1.54) is 17.0 Å². The van der Waals surface area contributed by atoms with Gasteiger partial charge in [0.25, 0.3) is 10.0 Å². The Kier molecular flexibility index (Phi) is 9.95. The van der Waals surface area contributed by atoms with Gasteiger partial charge in [0.2, 0.25) is 11.8 Å². The largest absolute Gasteiger partial charge is 0.497 e. The first-order valence-electron chi connectivity index (χ1n) is 13.8. The number of nitrogens with zero attached hydrogens (tertiary/aromatic N) is 2. The van der Waals surface area contributed by atoms with Crippen molar-refractivity contribution in [2.24, 2.45) is 0 Å². The van der Waals surface area contributed by atoms with Crippen molar-refractivity contribution in [2.45, 2.75) is 50.7 Å². The molecular weight excluding hydrogens is 558 g/mol. The van der Waals surface area contributed by atoms with Crippen molar-refractivity contribution in [1.29, 1.82) is 0 Å². The van der Waals surface area contributed by atoms with Crippen LogP contribution in [0.4, 0.5) is 5.69 Å². The van der Waals surface area contributed by atoms with Crippen LogP contribution in [0.5, 0.6) is 17.2 Å². The molecule has 0 spiro atoms. The van der Waals surface area contributed by atoms with Gasteiger partial charge in [-0.25, -0.2) is 8.42 Å². The molecule has 42 heavy (non-hydrogen) atoms. The van der Waals surface area contributed by atoms with Crippen LogP contribution in [-0.4, -0.2) is 64.1 Å². The van der Waals surface area contributed by atoms with Crippen LogP contribution in [0.2, 0.25) is 0 Å². The predicted molar refractivity (Wildman–Crippen MR) is 159 cm³/mol. The van der Waals surface area contributed by atoms with Crippen molar-refractivity contribution in [3.8, 4) is 17.2 Å². The van der Waals surface area contributed by atoms with Crippen molar-refractivity contribution < 1.29 is 32.2 Å². The van der Waals surface area contributed by atoms with E-state index in [9.17, 15) is 18.0 Å². The Morgan fingerprint density at radius 3 is 2.26 bits per heavy atom. The maximum absolute atomic E-state index is 14.1. The Labute approximate surface area is 247 Å². The molecule has 0 saturated heterocycles. The molecule has 1 aliphatic heterocycles. The lowest BCUT2D eigenvalue weighted by Crippen LogP contribution is -2.52. The molecule has 0 aromatic heterocycles. The van der Waals surface area contributed by atoms with E-state index in [0.717, 1.165) is 16.3 Å². The highest BCUT2D eigenvalue weighted by atomic mass is 32.2. The van der Waals surface area contributed by atoms with Crippen molar-refractivity contribution in [2.75, 3.05) is 31.2 Å². The van der Waals surface area contributed by atoms with Gasteiger partial charge in [-0.15, -0.1) is 0 Å². The number of carbonyl (C=O) groups is 2. The SMILES string of the molecule is CC[C@H](C)NC(=O)[C@H](C)N(Cc1ccc(OC)cc1)C(=O)CN(c1ccc2c(c1)OCCO2)S(=O)(=O)c1ccccc1. The molecule has 224 valence electrons. The van der Waals surface area contributed by atoms with Gasteiger partial charge in [0, 0.05) is 18.7 Å².